The molecule has 0 aromatic carbocycles. The Labute approximate surface area is 96.1 Å². The second kappa shape index (κ2) is 12.8. The maximum Gasteiger partial charge on any atom is 0.104 e. The van der Waals surface area contributed by atoms with Gasteiger partial charge in [-0.05, 0) is 0 Å². The molecule has 16 heavy (non-hydrogen) atoms. The molecule has 0 bridgehead atoms. The van der Waals surface area contributed by atoms with Crippen LogP contribution in [0.2, 0.25) is 0 Å². The summed E-state index contributed by atoms with van der Waals surface area (Å²) in [4.78, 5) is 0. The molecule has 6 heteroatoms. The van der Waals surface area contributed by atoms with Crippen LogP contribution in [0.3, 0.4) is 0 Å². The van der Waals surface area contributed by atoms with Gasteiger partial charge >= 0.3 is 0 Å². The second-order valence-corrected chi connectivity index (χ2v) is 3.08. The topological polar surface area (TPSA) is 77.4 Å². The molecule has 0 rings (SSSR count). The van der Waals surface area contributed by atoms with E-state index in [-0.39, 0.29) is 32.5 Å². The van der Waals surface area contributed by atoms with Gasteiger partial charge in [-0.2, -0.15) is 0 Å². The maximum absolute atomic E-state index is 8.63. The first-order valence-electron chi connectivity index (χ1n) is 5.32. The fraction of sp³-hybridized carbons (Fsp3) is 1.00. The van der Waals surface area contributed by atoms with Crippen LogP contribution in [0.25, 0.3) is 0 Å². The Morgan fingerprint density at radius 1 is 0.875 bits per heavy atom. The Morgan fingerprint density at radius 2 is 1.50 bits per heavy atom. The molecule has 0 aromatic rings. The third kappa shape index (κ3) is 10.3. The molecule has 1 unspecified atom stereocenters. The first-order valence-corrected chi connectivity index (χ1v) is 5.32. The molecule has 0 aliphatic carbocycles. The van der Waals surface area contributed by atoms with Gasteiger partial charge in [0.2, 0.25) is 0 Å². The molecular weight excluding hydrogens is 216 g/mol. The first kappa shape index (κ1) is 15.8. The highest BCUT2D eigenvalue weighted by Crippen LogP contribution is 1.95. The van der Waals surface area contributed by atoms with Gasteiger partial charge in [0.05, 0.1) is 52.9 Å². The predicted octanol–water partition coefficient (Wildman–Crippen LogP) is -0.964. The van der Waals surface area contributed by atoms with Crippen LogP contribution in [0.1, 0.15) is 0 Å². The summed E-state index contributed by atoms with van der Waals surface area (Å²) in [5.74, 6) is 0. The van der Waals surface area contributed by atoms with Crippen LogP contribution in [-0.4, -0.2) is 76.3 Å². The van der Waals surface area contributed by atoms with Crippen LogP contribution in [0, 0.1) is 0 Å². The van der Waals surface area contributed by atoms with Crippen LogP contribution in [0.5, 0.6) is 0 Å². The van der Waals surface area contributed by atoms with E-state index in [1.165, 1.54) is 0 Å². The third-order valence-electron chi connectivity index (χ3n) is 1.72. The number of methoxy groups -OCH3 is 1. The summed E-state index contributed by atoms with van der Waals surface area (Å²) in [7, 11) is 1.60. The van der Waals surface area contributed by atoms with Crippen molar-refractivity contribution in [3.8, 4) is 0 Å². The van der Waals surface area contributed by atoms with E-state index in [4.69, 9.17) is 29.2 Å². The molecule has 1 atom stereocenters. The van der Waals surface area contributed by atoms with E-state index in [1.807, 2.05) is 0 Å². The smallest absolute Gasteiger partial charge is 0.104 e. The molecule has 0 radical (unpaired) electrons. The van der Waals surface area contributed by atoms with Crippen molar-refractivity contribution in [1.29, 1.82) is 0 Å². The van der Waals surface area contributed by atoms with Crippen LogP contribution >= 0.6 is 0 Å². The van der Waals surface area contributed by atoms with Crippen LogP contribution in [0.15, 0.2) is 0 Å². The van der Waals surface area contributed by atoms with Crippen molar-refractivity contribution < 1.29 is 29.2 Å². The molecule has 2 N–H and O–H groups in total. The number of hydrogen-bond donors (Lipinski definition) is 2. The van der Waals surface area contributed by atoms with Gasteiger partial charge in [-0.25, -0.2) is 0 Å². The highest BCUT2D eigenvalue weighted by Gasteiger charge is 2.09. The minimum absolute atomic E-state index is 0.0166. The molecule has 0 fully saturated rings. The van der Waals surface area contributed by atoms with Gasteiger partial charge in [0.15, 0.2) is 0 Å². The highest BCUT2D eigenvalue weighted by molar-refractivity contribution is 4.55. The van der Waals surface area contributed by atoms with Crippen LogP contribution in [0.4, 0.5) is 0 Å². The summed E-state index contributed by atoms with van der Waals surface area (Å²) in [5.41, 5.74) is 0. The van der Waals surface area contributed by atoms with Gasteiger partial charge < -0.3 is 29.2 Å². The summed E-state index contributed by atoms with van der Waals surface area (Å²) in [6.45, 7) is 2.23. The van der Waals surface area contributed by atoms with Gasteiger partial charge in [-0.1, -0.05) is 0 Å². The van der Waals surface area contributed by atoms with Crippen molar-refractivity contribution in [1.82, 2.24) is 0 Å². The second-order valence-electron chi connectivity index (χ2n) is 3.08. The summed E-state index contributed by atoms with van der Waals surface area (Å²) < 4.78 is 20.5. The van der Waals surface area contributed by atoms with Crippen LogP contribution in [-0.2, 0) is 18.9 Å². The molecule has 0 saturated heterocycles. The fourth-order valence-corrected chi connectivity index (χ4v) is 1.00. The van der Waals surface area contributed by atoms with E-state index < -0.39 is 0 Å². The van der Waals surface area contributed by atoms with Gasteiger partial charge in [0.1, 0.15) is 6.10 Å². The van der Waals surface area contributed by atoms with Crippen molar-refractivity contribution in [2.24, 2.45) is 0 Å². The highest BCUT2D eigenvalue weighted by atomic mass is 16.6. The van der Waals surface area contributed by atoms with Crippen molar-refractivity contribution in [2.75, 3.05) is 60.0 Å². The Morgan fingerprint density at radius 3 is 2.06 bits per heavy atom. The zero-order valence-corrected chi connectivity index (χ0v) is 9.76. The van der Waals surface area contributed by atoms with Gasteiger partial charge in [0, 0.05) is 7.11 Å². The van der Waals surface area contributed by atoms with E-state index in [2.05, 4.69) is 0 Å². The summed E-state index contributed by atoms with van der Waals surface area (Å²) in [5, 5.41) is 17.2. The van der Waals surface area contributed by atoms with Gasteiger partial charge in [-0.3, -0.25) is 0 Å². The molecule has 0 spiro atoms. The number of rotatable bonds is 12. The Bertz CT molecular complexity index is 132. The largest absolute Gasteiger partial charge is 0.394 e. The quantitative estimate of drug-likeness (QED) is 0.426. The summed E-state index contributed by atoms with van der Waals surface area (Å²) in [6.07, 6.45) is -0.226. The van der Waals surface area contributed by atoms with Gasteiger partial charge in [-0.15, -0.1) is 0 Å². The Hall–Kier alpha value is -0.240. The standard InChI is InChI=1S/C10H22O6/c1-13-6-7-15-9-10(16-5-3-12)8-14-4-2-11/h10-12H,2-9H2,1H3. The zero-order chi connectivity index (χ0) is 12.1. The number of aliphatic hydroxyl groups excluding tert-OH is 2. The molecule has 6 nitrogen and oxygen atoms in total. The average molecular weight is 238 g/mol. The molecule has 0 amide bonds. The van der Waals surface area contributed by atoms with Crippen molar-refractivity contribution in [3.63, 3.8) is 0 Å². The van der Waals surface area contributed by atoms with Crippen molar-refractivity contribution in [3.05, 3.63) is 0 Å². The maximum atomic E-state index is 8.63. The Balaban J connectivity index is 3.54. The van der Waals surface area contributed by atoms with E-state index in [9.17, 15) is 0 Å². The fourth-order valence-electron chi connectivity index (χ4n) is 1.00. The zero-order valence-electron chi connectivity index (χ0n) is 9.76. The number of hydrogen-bond acceptors (Lipinski definition) is 6. The molecular formula is C10H22O6. The lowest BCUT2D eigenvalue weighted by Gasteiger charge is -2.17. The molecule has 0 aliphatic heterocycles. The number of aliphatic hydroxyl groups is 2. The summed E-state index contributed by atoms with van der Waals surface area (Å²) >= 11 is 0. The van der Waals surface area contributed by atoms with E-state index in [0.717, 1.165) is 0 Å². The predicted molar refractivity (Wildman–Crippen MR) is 57.4 cm³/mol. The molecule has 98 valence electrons. The first-order chi connectivity index (χ1) is 7.85. The van der Waals surface area contributed by atoms with E-state index in [0.29, 0.717) is 26.4 Å². The van der Waals surface area contributed by atoms with Gasteiger partial charge in [0.25, 0.3) is 0 Å². The lowest BCUT2D eigenvalue weighted by Crippen LogP contribution is -2.28. The third-order valence-corrected chi connectivity index (χ3v) is 1.72. The number of ether oxygens (including phenoxy) is 4. The van der Waals surface area contributed by atoms with E-state index in [1.54, 1.807) is 7.11 Å². The molecule has 0 aromatic heterocycles. The van der Waals surface area contributed by atoms with E-state index >= 15 is 0 Å². The lowest BCUT2D eigenvalue weighted by molar-refractivity contribution is -0.0745. The normalized spacial score (nSPS) is 12.9. The minimum Gasteiger partial charge on any atom is -0.394 e. The summed E-state index contributed by atoms with van der Waals surface area (Å²) in [6, 6.07) is 0. The molecule has 0 aliphatic rings. The lowest BCUT2D eigenvalue weighted by atomic mass is 10.4. The minimum atomic E-state index is -0.226. The van der Waals surface area contributed by atoms with Crippen LogP contribution < -0.4 is 0 Å². The average Bonchev–Trinajstić information content (AvgIpc) is 2.31. The Kier molecular flexibility index (Phi) is 12.6. The van der Waals surface area contributed by atoms with Crippen molar-refractivity contribution >= 4 is 0 Å². The molecule has 0 heterocycles. The monoisotopic (exact) mass is 238 g/mol. The SMILES string of the molecule is COCCOCC(COCCO)OCCO. The molecule has 0 saturated carbocycles. The van der Waals surface area contributed by atoms with Crippen molar-refractivity contribution in [2.45, 2.75) is 6.10 Å².